The van der Waals surface area contributed by atoms with Gasteiger partial charge in [-0.05, 0) is 108 Å². The Hall–Kier alpha value is -2.53. The number of carbonyl (C=O) groups excluding carboxylic acids is 2. The Morgan fingerprint density at radius 2 is 1.16 bits per heavy atom. The van der Waals surface area contributed by atoms with Gasteiger partial charge in [-0.1, -0.05) is 36.4 Å². The van der Waals surface area contributed by atoms with Crippen LogP contribution in [0.25, 0.3) is 0 Å². The fraction of sp³-hybridized carbons (Fsp3) is 0.500. The van der Waals surface area contributed by atoms with Crippen LogP contribution in [-0.2, 0) is 9.47 Å². The molecule has 2 rings (SSSR count). The van der Waals surface area contributed by atoms with Crippen LogP contribution in [0.3, 0.4) is 0 Å². The third kappa shape index (κ3) is 24.9. The average molecular weight is 629 g/mol. The molecule has 0 aromatic heterocycles. The van der Waals surface area contributed by atoms with Crippen LogP contribution in [0.2, 0.25) is 0 Å². The van der Waals surface area contributed by atoms with Gasteiger partial charge in [-0.2, -0.15) is 0 Å². The summed E-state index contributed by atoms with van der Waals surface area (Å²) in [5.74, 6) is 0. The van der Waals surface area contributed by atoms with E-state index in [-0.39, 0.29) is 12.2 Å². The number of hydrogen-bond acceptors (Lipinski definition) is 6. The molecule has 0 aliphatic carbocycles. The summed E-state index contributed by atoms with van der Waals surface area (Å²) in [6.07, 6.45) is 0.895. The summed E-state index contributed by atoms with van der Waals surface area (Å²) >= 11 is 2.28. The maximum atomic E-state index is 11.3. The first-order valence-electron chi connectivity index (χ1n) is 12.5. The summed E-state index contributed by atoms with van der Waals surface area (Å²) in [7, 11) is 0. The van der Waals surface area contributed by atoms with E-state index in [0.717, 1.165) is 25.1 Å². The number of alkyl carbamates (subject to hydrolysis) is 2. The van der Waals surface area contributed by atoms with Crippen LogP contribution in [0.15, 0.2) is 60.7 Å². The second kappa shape index (κ2) is 19.6. The molecule has 9 heteroatoms. The first kappa shape index (κ1) is 34.5. The first-order valence-corrected chi connectivity index (χ1v) is 13.5. The van der Waals surface area contributed by atoms with Gasteiger partial charge in [0.05, 0.1) is 0 Å². The number of nitrogens with two attached hydrogens (primary N) is 1. The zero-order chi connectivity index (χ0) is 28.2. The number of para-hydroxylation sites is 1. The molecule has 0 radical (unpaired) electrons. The lowest BCUT2D eigenvalue weighted by atomic mass is 10.2. The Kier molecular flexibility index (Phi) is 18.2. The summed E-state index contributed by atoms with van der Waals surface area (Å²) in [6.45, 7) is 13.6. The quantitative estimate of drug-likeness (QED) is 0.206. The highest BCUT2D eigenvalue weighted by Crippen LogP contribution is 2.07. The van der Waals surface area contributed by atoms with Crippen molar-refractivity contribution >= 4 is 40.5 Å². The van der Waals surface area contributed by atoms with Gasteiger partial charge in [0.15, 0.2) is 0 Å². The Morgan fingerprint density at radius 3 is 1.54 bits per heavy atom. The van der Waals surface area contributed by atoms with Gasteiger partial charge in [0.2, 0.25) is 0 Å². The summed E-state index contributed by atoms with van der Waals surface area (Å²) in [5, 5.41) is 8.60. The Bertz CT molecular complexity index is 854. The lowest BCUT2D eigenvalue weighted by Gasteiger charge is -2.19. The highest BCUT2D eigenvalue weighted by Gasteiger charge is 2.15. The van der Waals surface area contributed by atoms with Crippen LogP contribution in [0.4, 0.5) is 15.3 Å². The molecule has 0 atom stereocenters. The fourth-order valence-electron chi connectivity index (χ4n) is 2.40. The van der Waals surface area contributed by atoms with Crippen LogP contribution in [-0.4, -0.2) is 49.6 Å². The van der Waals surface area contributed by atoms with Crippen molar-refractivity contribution in [2.45, 2.75) is 65.6 Å². The minimum Gasteiger partial charge on any atom is -0.444 e. The van der Waals surface area contributed by atoms with Crippen molar-refractivity contribution in [2.24, 2.45) is 5.73 Å². The predicted molar refractivity (Wildman–Crippen MR) is 161 cm³/mol. The van der Waals surface area contributed by atoms with E-state index in [9.17, 15) is 9.59 Å². The van der Waals surface area contributed by atoms with Gasteiger partial charge in [0.25, 0.3) is 0 Å². The zero-order valence-electron chi connectivity index (χ0n) is 23.1. The molecule has 0 bridgehead atoms. The number of anilines is 1. The largest absolute Gasteiger partial charge is 0.444 e. The summed E-state index contributed by atoms with van der Waals surface area (Å²) in [4.78, 5) is 22.3. The molecule has 0 fully saturated rings. The van der Waals surface area contributed by atoms with Gasteiger partial charge in [-0.3, -0.25) is 0 Å². The summed E-state index contributed by atoms with van der Waals surface area (Å²) < 4.78 is 11.4. The maximum absolute atomic E-state index is 11.3. The van der Waals surface area contributed by atoms with Crippen LogP contribution in [0.5, 0.6) is 0 Å². The smallest absolute Gasteiger partial charge is 0.407 e. The van der Waals surface area contributed by atoms with E-state index in [1.54, 1.807) is 0 Å². The molecule has 5 N–H and O–H groups in total. The minimum atomic E-state index is -0.438. The molecule has 208 valence electrons. The standard InChI is InChI=1S/C14H22N2O2.C8H18N2O2.C6H5I/c1-14(2,3)18-13(17)16-11-7-10-15-12-8-5-4-6-9-12;1-8(2,3)12-7(11)10-6-4-5-9;7-6-4-2-1-3-5-6/h4-6,8-9,15H,7,10-11H2,1-3H3,(H,16,17);4-6,9H2,1-3H3,(H,10,11);1-5H. The van der Waals surface area contributed by atoms with Crippen LogP contribution in [0.1, 0.15) is 54.4 Å². The highest BCUT2D eigenvalue weighted by atomic mass is 127. The van der Waals surface area contributed by atoms with E-state index < -0.39 is 11.2 Å². The Labute approximate surface area is 236 Å². The third-order valence-electron chi connectivity index (χ3n) is 3.91. The second-order valence-electron chi connectivity index (χ2n) is 9.94. The molecule has 0 heterocycles. The molecule has 2 amide bonds. The van der Waals surface area contributed by atoms with Gasteiger partial charge < -0.3 is 31.2 Å². The van der Waals surface area contributed by atoms with Gasteiger partial charge in [0, 0.05) is 28.9 Å². The number of carbonyl (C=O) groups is 2. The van der Waals surface area contributed by atoms with Crippen molar-refractivity contribution in [1.82, 2.24) is 10.6 Å². The van der Waals surface area contributed by atoms with E-state index in [4.69, 9.17) is 15.2 Å². The third-order valence-corrected chi connectivity index (χ3v) is 4.63. The molecule has 0 saturated heterocycles. The lowest BCUT2D eigenvalue weighted by Crippen LogP contribution is -2.33. The van der Waals surface area contributed by atoms with E-state index in [0.29, 0.717) is 19.6 Å². The number of halogens is 1. The minimum absolute atomic E-state index is 0.359. The molecule has 0 unspecified atom stereocenters. The Morgan fingerprint density at radius 1 is 0.730 bits per heavy atom. The van der Waals surface area contributed by atoms with Crippen molar-refractivity contribution < 1.29 is 19.1 Å². The summed E-state index contributed by atoms with van der Waals surface area (Å²) in [6, 6.07) is 20.2. The van der Waals surface area contributed by atoms with Crippen LogP contribution < -0.4 is 21.7 Å². The molecule has 2 aromatic carbocycles. The number of nitrogens with one attached hydrogen (secondary N) is 3. The van der Waals surface area contributed by atoms with Crippen molar-refractivity contribution in [3.8, 4) is 0 Å². The zero-order valence-corrected chi connectivity index (χ0v) is 25.3. The molecule has 0 aliphatic heterocycles. The molecule has 0 saturated carbocycles. The summed E-state index contributed by atoms with van der Waals surface area (Å²) in [5.41, 5.74) is 5.48. The second-order valence-corrected chi connectivity index (χ2v) is 11.2. The normalized spacial score (nSPS) is 10.5. The molecule has 37 heavy (non-hydrogen) atoms. The maximum Gasteiger partial charge on any atom is 0.407 e. The molecule has 0 spiro atoms. The van der Waals surface area contributed by atoms with Crippen molar-refractivity contribution in [2.75, 3.05) is 31.5 Å². The van der Waals surface area contributed by atoms with Gasteiger partial charge in [-0.15, -0.1) is 0 Å². The molecule has 0 aliphatic rings. The van der Waals surface area contributed by atoms with Crippen LogP contribution in [0, 0.1) is 3.57 Å². The van der Waals surface area contributed by atoms with Gasteiger partial charge in [-0.25, -0.2) is 9.59 Å². The fourth-order valence-corrected chi connectivity index (χ4v) is 2.82. The Balaban J connectivity index is 0.000000583. The number of rotatable bonds is 8. The molecular formula is C28H45IN4O4. The van der Waals surface area contributed by atoms with E-state index in [2.05, 4.69) is 50.7 Å². The number of ether oxygens (including phenoxy) is 2. The molecule has 8 nitrogen and oxygen atoms in total. The number of benzene rings is 2. The van der Waals surface area contributed by atoms with Gasteiger partial charge >= 0.3 is 12.2 Å². The van der Waals surface area contributed by atoms with Gasteiger partial charge in [0.1, 0.15) is 11.2 Å². The SMILES string of the molecule is CC(C)(C)OC(=O)NCCCN.CC(C)(C)OC(=O)NCCCNc1ccccc1.Ic1ccccc1. The number of hydrogen-bond donors (Lipinski definition) is 4. The van der Waals surface area contributed by atoms with Crippen molar-refractivity contribution in [1.29, 1.82) is 0 Å². The highest BCUT2D eigenvalue weighted by molar-refractivity contribution is 14.1. The predicted octanol–water partition coefficient (Wildman–Crippen LogP) is 6.16. The van der Waals surface area contributed by atoms with E-state index in [1.807, 2.05) is 90.1 Å². The average Bonchev–Trinajstić information content (AvgIpc) is 2.79. The topological polar surface area (TPSA) is 115 Å². The van der Waals surface area contributed by atoms with Crippen molar-refractivity contribution in [3.05, 3.63) is 64.2 Å². The van der Waals surface area contributed by atoms with E-state index in [1.165, 1.54) is 3.57 Å². The monoisotopic (exact) mass is 628 g/mol. The van der Waals surface area contributed by atoms with E-state index >= 15 is 0 Å². The number of amides is 2. The molecule has 2 aromatic rings. The van der Waals surface area contributed by atoms with Crippen LogP contribution >= 0.6 is 22.6 Å². The lowest BCUT2D eigenvalue weighted by molar-refractivity contribution is 0.0516. The molecular weight excluding hydrogens is 583 g/mol. The first-order chi connectivity index (χ1) is 17.3. The van der Waals surface area contributed by atoms with Crippen molar-refractivity contribution in [3.63, 3.8) is 0 Å².